The molecule has 0 heterocycles. The SMILES string of the molecule is CC(=O)NC(C)C(=O)NC(CC(=O)O)c1cccc(Br)c1. The Morgan fingerprint density at radius 2 is 1.95 bits per heavy atom. The van der Waals surface area contributed by atoms with Crippen molar-refractivity contribution in [2.45, 2.75) is 32.4 Å². The molecule has 0 aliphatic heterocycles. The van der Waals surface area contributed by atoms with E-state index in [-0.39, 0.29) is 12.3 Å². The monoisotopic (exact) mass is 356 g/mol. The molecule has 1 aromatic rings. The fraction of sp³-hybridized carbons (Fsp3) is 0.357. The highest BCUT2D eigenvalue weighted by Crippen LogP contribution is 2.21. The number of halogens is 1. The number of hydrogen-bond donors (Lipinski definition) is 3. The third-order valence-electron chi connectivity index (χ3n) is 2.76. The molecule has 0 fully saturated rings. The maximum absolute atomic E-state index is 12.0. The molecule has 2 unspecified atom stereocenters. The summed E-state index contributed by atoms with van der Waals surface area (Å²) in [5, 5.41) is 14.1. The van der Waals surface area contributed by atoms with Crippen molar-refractivity contribution in [1.82, 2.24) is 10.6 Å². The number of carboxylic acids is 1. The van der Waals surface area contributed by atoms with E-state index in [9.17, 15) is 14.4 Å². The van der Waals surface area contributed by atoms with E-state index in [1.54, 1.807) is 18.2 Å². The van der Waals surface area contributed by atoms with Crippen LogP contribution < -0.4 is 10.6 Å². The summed E-state index contributed by atoms with van der Waals surface area (Å²) >= 11 is 3.31. The maximum atomic E-state index is 12.0. The molecule has 1 aromatic carbocycles. The zero-order valence-corrected chi connectivity index (χ0v) is 13.3. The molecule has 1 rings (SSSR count). The summed E-state index contributed by atoms with van der Waals surface area (Å²) in [6.07, 6.45) is -0.241. The molecule has 0 aliphatic carbocycles. The normalized spacial score (nSPS) is 13.1. The molecule has 114 valence electrons. The molecule has 0 spiro atoms. The van der Waals surface area contributed by atoms with Crippen LogP contribution in [0.3, 0.4) is 0 Å². The molecular weight excluding hydrogens is 340 g/mol. The van der Waals surface area contributed by atoms with Crippen molar-refractivity contribution in [2.24, 2.45) is 0 Å². The number of benzene rings is 1. The number of carboxylic acid groups (broad SMARTS) is 1. The average Bonchev–Trinajstić information content (AvgIpc) is 2.36. The summed E-state index contributed by atoms with van der Waals surface area (Å²) in [6.45, 7) is 2.85. The topological polar surface area (TPSA) is 95.5 Å². The Morgan fingerprint density at radius 1 is 1.29 bits per heavy atom. The fourth-order valence-electron chi connectivity index (χ4n) is 1.82. The summed E-state index contributed by atoms with van der Waals surface area (Å²) in [4.78, 5) is 33.9. The van der Waals surface area contributed by atoms with E-state index in [0.717, 1.165) is 4.47 Å². The minimum atomic E-state index is -1.02. The molecule has 0 radical (unpaired) electrons. The number of carbonyl (C=O) groups is 3. The number of rotatable bonds is 6. The second kappa shape index (κ2) is 7.78. The van der Waals surface area contributed by atoms with Crippen LogP contribution in [-0.2, 0) is 14.4 Å². The van der Waals surface area contributed by atoms with Gasteiger partial charge in [-0.3, -0.25) is 14.4 Å². The minimum absolute atomic E-state index is 0.241. The van der Waals surface area contributed by atoms with Gasteiger partial charge in [0, 0.05) is 11.4 Å². The van der Waals surface area contributed by atoms with Gasteiger partial charge in [-0.2, -0.15) is 0 Å². The zero-order valence-electron chi connectivity index (χ0n) is 11.7. The highest BCUT2D eigenvalue weighted by atomic mass is 79.9. The number of carbonyl (C=O) groups excluding carboxylic acids is 2. The Morgan fingerprint density at radius 3 is 2.48 bits per heavy atom. The van der Waals surface area contributed by atoms with Gasteiger partial charge >= 0.3 is 5.97 Å². The second-order valence-electron chi connectivity index (χ2n) is 4.64. The van der Waals surface area contributed by atoms with Crippen molar-refractivity contribution in [3.8, 4) is 0 Å². The molecule has 2 atom stereocenters. The van der Waals surface area contributed by atoms with Gasteiger partial charge in [0.1, 0.15) is 6.04 Å². The van der Waals surface area contributed by atoms with E-state index in [2.05, 4.69) is 26.6 Å². The van der Waals surface area contributed by atoms with Gasteiger partial charge in [-0.05, 0) is 24.6 Å². The van der Waals surface area contributed by atoms with E-state index < -0.39 is 24.0 Å². The first kappa shape index (κ1) is 17.2. The maximum Gasteiger partial charge on any atom is 0.305 e. The molecule has 2 amide bonds. The lowest BCUT2D eigenvalue weighted by atomic mass is 10.0. The van der Waals surface area contributed by atoms with Gasteiger partial charge in [0.25, 0.3) is 0 Å². The molecule has 0 saturated heterocycles. The van der Waals surface area contributed by atoms with Crippen LogP contribution in [0.5, 0.6) is 0 Å². The van der Waals surface area contributed by atoms with Crippen LogP contribution in [0.2, 0.25) is 0 Å². The quantitative estimate of drug-likeness (QED) is 0.721. The van der Waals surface area contributed by atoms with E-state index >= 15 is 0 Å². The number of amides is 2. The first-order chi connectivity index (χ1) is 9.79. The van der Waals surface area contributed by atoms with Crippen LogP contribution in [0.4, 0.5) is 0 Å². The average molecular weight is 357 g/mol. The molecule has 0 aromatic heterocycles. The first-order valence-corrected chi connectivity index (χ1v) is 7.13. The molecule has 21 heavy (non-hydrogen) atoms. The van der Waals surface area contributed by atoms with Gasteiger partial charge in [0.15, 0.2) is 0 Å². The Bertz CT molecular complexity index is 548. The summed E-state index contributed by atoms with van der Waals surface area (Å²) in [5.41, 5.74) is 0.676. The lowest BCUT2D eigenvalue weighted by molar-refractivity contribution is -0.138. The minimum Gasteiger partial charge on any atom is -0.481 e. The summed E-state index contributed by atoms with van der Waals surface area (Å²) in [6, 6.07) is 5.66. The standard InChI is InChI=1S/C14H17BrN2O4/c1-8(16-9(2)18)14(21)17-12(7-13(19)20)10-4-3-5-11(15)6-10/h3-6,8,12H,7H2,1-2H3,(H,16,18)(H,17,21)(H,19,20). The Labute approximate surface area is 131 Å². The van der Waals surface area contributed by atoms with Gasteiger partial charge < -0.3 is 15.7 Å². The summed E-state index contributed by atoms with van der Waals surface area (Å²) < 4.78 is 0.791. The van der Waals surface area contributed by atoms with Crippen molar-refractivity contribution in [3.63, 3.8) is 0 Å². The number of nitrogens with one attached hydrogen (secondary N) is 2. The highest BCUT2D eigenvalue weighted by molar-refractivity contribution is 9.10. The van der Waals surface area contributed by atoms with Crippen molar-refractivity contribution in [2.75, 3.05) is 0 Å². The predicted octanol–water partition coefficient (Wildman–Crippen LogP) is 1.61. The fourth-order valence-corrected chi connectivity index (χ4v) is 2.23. The van der Waals surface area contributed by atoms with Crippen molar-refractivity contribution >= 4 is 33.7 Å². The molecule has 0 bridgehead atoms. The van der Waals surface area contributed by atoms with Crippen LogP contribution in [0.25, 0.3) is 0 Å². The highest BCUT2D eigenvalue weighted by Gasteiger charge is 2.21. The molecule has 0 saturated carbocycles. The lowest BCUT2D eigenvalue weighted by Gasteiger charge is -2.20. The van der Waals surface area contributed by atoms with Gasteiger partial charge in [0.2, 0.25) is 11.8 Å². The Balaban J connectivity index is 2.86. The van der Waals surface area contributed by atoms with Crippen LogP contribution >= 0.6 is 15.9 Å². The van der Waals surface area contributed by atoms with Gasteiger partial charge in [-0.25, -0.2) is 0 Å². The van der Waals surface area contributed by atoms with Crippen molar-refractivity contribution in [3.05, 3.63) is 34.3 Å². The largest absolute Gasteiger partial charge is 0.481 e. The van der Waals surface area contributed by atoms with Crippen molar-refractivity contribution < 1.29 is 19.5 Å². The predicted molar refractivity (Wildman–Crippen MR) is 80.6 cm³/mol. The van der Waals surface area contributed by atoms with Crippen LogP contribution in [0.15, 0.2) is 28.7 Å². The smallest absolute Gasteiger partial charge is 0.305 e. The second-order valence-corrected chi connectivity index (χ2v) is 5.55. The summed E-state index contributed by atoms with van der Waals surface area (Å²) in [7, 11) is 0. The van der Waals surface area contributed by atoms with E-state index in [1.165, 1.54) is 13.8 Å². The van der Waals surface area contributed by atoms with Crippen molar-refractivity contribution in [1.29, 1.82) is 0 Å². The Kier molecular flexibility index (Phi) is 6.36. The van der Waals surface area contributed by atoms with E-state index in [0.29, 0.717) is 5.56 Å². The Hall–Kier alpha value is -1.89. The van der Waals surface area contributed by atoms with Crippen LogP contribution in [-0.4, -0.2) is 28.9 Å². The molecule has 6 nitrogen and oxygen atoms in total. The van der Waals surface area contributed by atoms with Gasteiger partial charge in [-0.1, -0.05) is 28.1 Å². The van der Waals surface area contributed by atoms with Crippen LogP contribution in [0.1, 0.15) is 31.9 Å². The number of aliphatic carboxylic acids is 1. The lowest BCUT2D eigenvalue weighted by Crippen LogP contribution is -2.45. The summed E-state index contributed by atoms with van der Waals surface area (Å²) in [5.74, 6) is -1.78. The third kappa shape index (κ3) is 5.95. The first-order valence-electron chi connectivity index (χ1n) is 6.34. The van der Waals surface area contributed by atoms with Gasteiger partial charge in [0.05, 0.1) is 12.5 Å². The molecular formula is C14H17BrN2O4. The van der Waals surface area contributed by atoms with Gasteiger partial charge in [-0.15, -0.1) is 0 Å². The third-order valence-corrected chi connectivity index (χ3v) is 3.25. The molecule has 3 N–H and O–H groups in total. The van der Waals surface area contributed by atoms with E-state index in [1.807, 2.05) is 6.07 Å². The number of hydrogen-bond acceptors (Lipinski definition) is 3. The molecule has 7 heteroatoms. The molecule has 0 aliphatic rings. The van der Waals surface area contributed by atoms with E-state index in [4.69, 9.17) is 5.11 Å². The van der Waals surface area contributed by atoms with Crippen LogP contribution in [0, 0.1) is 0 Å². The zero-order chi connectivity index (χ0) is 16.0.